The number of carbonyl (C=O) groups excluding carboxylic acids is 2. The van der Waals surface area contributed by atoms with Crippen molar-refractivity contribution in [2.75, 3.05) is 26.6 Å². The van der Waals surface area contributed by atoms with Crippen LogP contribution in [0.25, 0.3) is 0 Å². The van der Waals surface area contributed by atoms with Crippen LogP contribution in [-0.4, -0.2) is 43.7 Å². The molecule has 4 fully saturated rings. The van der Waals surface area contributed by atoms with Gasteiger partial charge in [0.15, 0.2) is 6.79 Å². The summed E-state index contributed by atoms with van der Waals surface area (Å²) in [6.07, 6.45) is 2.17. The zero-order valence-corrected chi connectivity index (χ0v) is 16.5. The second-order valence-electron chi connectivity index (χ2n) is 9.02. The Morgan fingerprint density at radius 3 is 1.93 bits per heavy atom. The van der Waals surface area contributed by atoms with Crippen LogP contribution in [0.2, 0.25) is 0 Å². The van der Waals surface area contributed by atoms with E-state index in [1.165, 1.54) is 6.42 Å². The quantitative estimate of drug-likeness (QED) is 0.315. The van der Waals surface area contributed by atoms with Crippen LogP contribution in [0.4, 0.5) is 0 Å². The Kier molecular flexibility index (Phi) is 5.23. The second kappa shape index (κ2) is 7.36. The van der Waals surface area contributed by atoms with Gasteiger partial charge in [-0.25, -0.2) is 0 Å². The Bertz CT molecular complexity index is 591. The van der Waals surface area contributed by atoms with Crippen LogP contribution in [0.1, 0.15) is 33.6 Å². The minimum Gasteiger partial charge on any atom is -0.463 e. The predicted molar refractivity (Wildman–Crippen MR) is 96.1 cm³/mol. The summed E-state index contributed by atoms with van der Waals surface area (Å²) in [5.74, 6) is 2.70. The van der Waals surface area contributed by atoms with Gasteiger partial charge in [0.2, 0.25) is 0 Å². The molecule has 0 radical (unpaired) electrons. The Morgan fingerprint density at radius 2 is 1.41 bits per heavy atom. The third kappa shape index (κ3) is 2.82. The van der Waals surface area contributed by atoms with Crippen LogP contribution in [0, 0.1) is 59.2 Å². The molecule has 0 aliphatic heterocycles. The van der Waals surface area contributed by atoms with Gasteiger partial charge in [-0.15, -0.1) is 0 Å². The summed E-state index contributed by atoms with van der Waals surface area (Å²) in [6, 6.07) is 0. The topological polar surface area (TPSA) is 82.1 Å². The lowest BCUT2D eigenvalue weighted by Crippen LogP contribution is -2.48. The molecule has 0 heterocycles. The molecule has 4 rings (SSSR count). The van der Waals surface area contributed by atoms with Gasteiger partial charge in [0.05, 0.1) is 18.4 Å². The van der Waals surface area contributed by atoms with Gasteiger partial charge in [-0.2, -0.15) is 0 Å². The van der Waals surface area contributed by atoms with Gasteiger partial charge in [-0.1, -0.05) is 13.8 Å². The highest BCUT2D eigenvalue weighted by Crippen LogP contribution is 2.72. The van der Waals surface area contributed by atoms with Gasteiger partial charge < -0.3 is 19.3 Å². The van der Waals surface area contributed by atoms with E-state index in [2.05, 4.69) is 13.8 Å². The molecule has 4 aliphatic carbocycles. The fourth-order valence-corrected chi connectivity index (χ4v) is 7.41. The molecule has 10 unspecified atom stereocenters. The summed E-state index contributed by atoms with van der Waals surface area (Å²) < 4.78 is 15.8. The highest BCUT2D eigenvalue weighted by Gasteiger charge is 2.71. The summed E-state index contributed by atoms with van der Waals surface area (Å²) in [5, 5.41) is 9.02. The van der Waals surface area contributed by atoms with Crippen molar-refractivity contribution in [3.05, 3.63) is 0 Å². The highest BCUT2D eigenvalue weighted by molar-refractivity contribution is 5.84. The third-order valence-electron chi connectivity index (χ3n) is 8.37. The average molecular weight is 380 g/mol. The molecule has 0 aromatic carbocycles. The van der Waals surface area contributed by atoms with Gasteiger partial charge in [0, 0.05) is 6.61 Å². The van der Waals surface area contributed by atoms with Crippen molar-refractivity contribution in [3.63, 3.8) is 0 Å². The molecule has 0 aromatic rings. The lowest BCUT2D eigenvalue weighted by molar-refractivity contribution is -0.175. The van der Waals surface area contributed by atoms with Crippen molar-refractivity contribution in [1.29, 1.82) is 0 Å². The van der Waals surface area contributed by atoms with E-state index in [0.29, 0.717) is 42.1 Å². The number of hydrogen-bond acceptors (Lipinski definition) is 6. The molecule has 6 heteroatoms. The Morgan fingerprint density at radius 1 is 0.889 bits per heavy atom. The molecule has 4 aliphatic rings. The zero-order chi connectivity index (χ0) is 19.3. The number of rotatable bonds is 7. The monoisotopic (exact) mass is 380 g/mol. The maximum atomic E-state index is 12.9. The number of esters is 2. The summed E-state index contributed by atoms with van der Waals surface area (Å²) in [7, 11) is 0. The Hall–Kier alpha value is -1.14. The molecular formula is C21H32O6. The van der Waals surface area contributed by atoms with Gasteiger partial charge in [0.25, 0.3) is 0 Å². The van der Waals surface area contributed by atoms with Crippen molar-refractivity contribution in [2.45, 2.75) is 33.6 Å². The van der Waals surface area contributed by atoms with E-state index in [1.54, 1.807) is 0 Å². The van der Waals surface area contributed by atoms with Crippen LogP contribution in [0.3, 0.4) is 0 Å². The molecule has 4 bridgehead atoms. The summed E-state index contributed by atoms with van der Waals surface area (Å²) in [6.45, 7) is 6.77. The van der Waals surface area contributed by atoms with Crippen molar-refractivity contribution in [3.8, 4) is 0 Å². The molecule has 0 aromatic heterocycles. The molecule has 1 N–H and O–H groups in total. The lowest BCUT2D eigenvalue weighted by Gasteiger charge is -2.45. The summed E-state index contributed by atoms with van der Waals surface area (Å²) in [5.41, 5.74) is 0. The van der Waals surface area contributed by atoms with Crippen LogP contribution in [-0.2, 0) is 23.8 Å². The molecule has 0 amide bonds. The minimum absolute atomic E-state index is 0.0129. The number of ether oxygens (including phenoxy) is 3. The first-order valence-corrected chi connectivity index (χ1v) is 10.5. The zero-order valence-electron chi connectivity index (χ0n) is 16.5. The van der Waals surface area contributed by atoms with Gasteiger partial charge >= 0.3 is 11.9 Å². The largest absolute Gasteiger partial charge is 0.463 e. The third-order valence-corrected chi connectivity index (χ3v) is 8.37. The maximum Gasteiger partial charge on any atom is 0.312 e. The van der Waals surface area contributed by atoms with Crippen LogP contribution in [0.5, 0.6) is 0 Å². The van der Waals surface area contributed by atoms with E-state index in [1.807, 2.05) is 6.92 Å². The highest BCUT2D eigenvalue weighted by atomic mass is 16.7. The van der Waals surface area contributed by atoms with E-state index in [9.17, 15) is 9.59 Å². The van der Waals surface area contributed by atoms with Gasteiger partial charge in [0.1, 0.15) is 6.61 Å². The number of aliphatic hydroxyl groups excluding tert-OH is 1. The van der Waals surface area contributed by atoms with E-state index in [0.717, 1.165) is 6.42 Å². The molecule has 4 saturated carbocycles. The van der Waals surface area contributed by atoms with Crippen molar-refractivity contribution in [2.24, 2.45) is 59.2 Å². The first-order chi connectivity index (χ1) is 13.0. The molecular weight excluding hydrogens is 348 g/mol. The number of fused-ring (bicyclic) bond motifs is 9. The average Bonchev–Trinajstić information content (AvgIpc) is 3.38. The minimum atomic E-state index is -0.432. The summed E-state index contributed by atoms with van der Waals surface area (Å²) >= 11 is 0. The van der Waals surface area contributed by atoms with Crippen molar-refractivity contribution in [1.82, 2.24) is 0 Å². The van der Waals surface area contributed by atoms with E-state index in [-0.39, 0.29) is 43.8 Å². The predicted octanol–water partition coefficient (Wildman–Crippen LogP) is 2.10. The van der Waals surface area contributed by atoms with Gasteiger partial charge in [-0.05, 0) is 67.1 Å². The first-order valence-electron chi connectivity index (χ1n) is 10.5. The SMILES string of the molecule is CCOCOC(=O)C1C2CC(C1C(=O)OCCO)C1C3CC(C(C)C3C)C21. The first kappa shape index (κ1) is 19.2. The van der Waals surface area contributed by atoms with E-state index < -0.39 is 11.8 Å². The number of aliphatic hydroxyl groups is 1. The number of hydrogen-bond donors (Lipinski definition) is 1. The van der Waals surface area contributed by atoms with Gasteiger partial charge in [-0.3, -0.25) is 9.59 Å². The Balaban J connectivity index is 1.58. The molecule has 10 atom stereocenters. The molecule has 6 nitrogen and oxygen atoms in total. The molecule has 0 saturated heterocycles. The van der Waals surface area contributed by atoms with E-state index >= 15 is 0 Å². The Labute approximate surface area is 160 Å². The van der Waals surface area contributed by atoms with Crippen LogP contribution in [0.15, 0.2) is 0 Å². The molecule has 27 heavy (non-hydrogen) atoms. The maximum absolute atomic E-state index is 12.9. The fraction of sp³-hybridized carbons (Fsp3) is 0.905. The summed E-state index contributed by atoms with van der Waals surface area (Å²) in [4.78, 5) is 25.7. The van der Waals surface area contributed by atoms with Crippen LogP contribution < -0.4 is 0 Å². The van der Waals surface area contributed by atoms with Crippen molar-refractivity contribution < 1.29 is 28.9 Å². The van der Waals surface area contributed by atoms with E-state index in [4.69, 9.17) is 19.3 Å². The number of carbonyl (C=O) groups is 2. The van der Waals surface area contributed by atoms with Crippen molar-refractivity contribution >= 4 is 11.9 Å². The molecule has 0 spiro atoms. The van der Waals surface area contributed by atoms with Crippen LogP contribution >= 0.6 is 0 Å². The lowest BCUT2D eigenvalue weighted by atomic mass is 9.59. The smallest absolute Gasteiger partial charge is 0.312 e. The normalized spacial score (nSPS) is 46.5. The molecule has 152 valence electrons. The standard InChI is InChI=1S/C21H32O6/c1-4-25-9-27-21(24)19-15-8-14(18(19)20(23)26-6-5-22)16-12-7-13(17(15)16)11(3)10(12)2/h10-19,22H,4-9H2,1-3H3. The fourth-order valence-electron chi connectivity index (χ4n) is 7.41. The second-order valence-corrected chi connectivity index (χ2v) is 9.02.